The van der Waals surface area contributed by atoms with Crippen molar-refractivity contribution in [3.8, 4) is 0 Å². The molecule has 1 nitrogen and oxygen atoms in total. The molecule has 10 heavy (non-hydrogen) atoms. The molecule has 0 aliphatic carbocycles. The topological polar surface area (TPSA) is 9.23 Å². The van der Waals surface area contributed by atoms with E-state index in [1.165, 1.54) is 6.42 Å². The Balaban J connectivity index is 2.24. The summed E-state index contributed by atoms with van der Waals surface area (Å²) in [6.07, 6.45) is 2.94. The first-order valence-electron chi connectivity index (χ1n) is 3.97. The molecule has 0 aromatic carbocycles. The lowest BCUT2D eigenvalue weighted by atomic mass is 10.4. The number of hydrogen-bond acceptors (Lipinski definition) is 1. The van der Waals surface area contributed by atoms with Crippen LogP contribution in [0.25, 0.3) is 0 Å². The predicted molar refractivity (Wildman–Crippen MR) is 40.9 cm³/mol. The molecule has 0 spiro atoms. The van der Waals surface area contributed by atoms with Crippen LogP contribution in [0.15, 0.2) is 0 Å². The van der Waals surface area contributed by atoms with E-state index in [1.807, 2.05) is 6.92 Å². The molecule has 0 amide bonds. The fourth-order valence-corrected chi connectivity index (χ4v) is 3.25. The lowest BCUT2D eigenvalue weighted by Gasteiger charge is -2.22. The molecule has 1 fully saturated rings. The summed E-state index contributed by atoms with van der Waals surface area (Å²) >= 11 is 0. The highest BCUT2D eigenvalue weighted by Gasteiger charge is 2.25. The zero-order chi connectivity index (χ0) is 7.40. The molecular weight excluding hydrogens is 147 g/mol. The highest BCUT2D eigenvalue weighted by molar-refractivity contribution is 6.53. The van der Waals surface area contributed by atoms with Crippen molar-refractivity contribution in [1.29, 1.82) is 0 Å². The average Bonchev–Trinajstić information content (AvgIpc) is 2.05. The molecule has 59 valence electrons. The summed E-state index contributed by atoms with van der Waals surface area (Å²) in [5.41, 5.74) is 0. The van der Waals surface area contributed by atoms with Crippen molar-refractivity contribution < 1.29 is 8.82 Å². The average molecular weight is 161 g/mol. The molecular formula is C7H14FOSi. The fraction of sp³-hybridized carbons (Fsp3) is 1.00. The normalized spacial score (nSPS) is 24.6. The molecule has 1 aliphatic heterocycles. The molecule has 0 aromatic rings. The van der Waals surface area contributed by atoms with Gasteiger partial charge in [0.25, 0.3) is 0 Å². The Labute approximate surface area is 63.3 Å². The van der Waals surface area contributed by atoms with Crippen LogP contribution in [0.2, 0.25) is 6.04 Å². The van der Waals surface area contributed by atoms with Crippen molar-refractivity contribution in [3.63, 3.8) is 0 Å². The van der Waals surface area contributed by atoms with E-state index in [0.29, 0.717) is 6.42 Å². The lowest BCUT2D eigenvalue weighted by Crippen LogP contribution is -2.33. The van der Waals surface area contributed by atoms with Crippen LogP contribution in [0.1, 0.15) is 26.2 Å². The molecule has 0 N–H and O–H groups in total. The van der Waals surface area contributed by atoms with Crippen LogP contribution in [-0.4, -0.2) is 21.4 Å². The van der Waals surface area contributed by atoms with Gasteiger partial charge in [0.05, 0.1) is 0 Å². The van der Waals surface area contributed by atoms with Gasteiger partial charge in [-0.2, -0.15) is 0 Å². The Hall–Kier alpha value is 0.107. The first kappa shape index (κ1) is 8.21. The minimum atomic E-state index is -1.04. The largest absolute Gasteiger partial charge is 0.414 e. The van der Waals surface area contributed by atoms with Crippen molar-refractivity contribution in [3.05, 3.63) is 0 Å². The summed E-state index contributed by atoms with van der Waals surface area (Å²) < 4.78 is 18.3. The zero-order valence-electron chi connectivity index (χ0n) is 6.40. The molecule has 1 atom stereocenters. The summed E-state index contributed by atoms with van der Waals surface area (Å²) in [7, 11) is -1.04. The minimum absolute atomic E-state index is 0.633. The molecule has 1 unspecified atom stereocenters. The van der Waals surface area contributed by atoms with Crippen molar-refractivity contribution in [2.75, 3.05) is 6.61 Å². The van der Waals surface area contributed by atoms with E-state index in [-0.39, 0.29) is 0 Å². The van der Waals surface area contributed by atoms with Gasteiger partial charge in [0.1, 0.15) is 5.79 Å². The van der Waals surface area contributed by atoms with Gasteiger partial charge in [-0.1, -0.05) is 13.3 Å². The fourth-order valence-electron chi connectivity index (χ4n) is 1.15. The SMILES string of the molecule is CCC(F)[Si]1CCCCO1. The number of rotatable bonds is 2. The van der Waals surface area contributed by atoms with Crippen LogP contribution in [0.3, 0.4) is 0 Å². The monoisotopic (exact) mass is 161 g/mol. The second-order valence-electron chi connectivity index (χ2n) is 2.65. The number of alkyl halides is 1. The second-order valence-corrected chi connectivity index (χ2v) is 5.00. The van der Waals surface area contributed by atoms with E-state index in [2.05, 4.69) is 0 Å². The quantitative estimate of drug-likeness (QED) is 0.563. The third kappa shape index (κ3) is 2.06. The van der Waals surface area contributed by atoms with Gasteiger partial charge in [0.2, 0.25) is 9.04 Å². The highest BCUT2D eigenvalue weighted by Crippen LogP contribution is 2.16. The van der Waals surface area contributed by atoms with Gasteiger partial charge in [-0.05, 0) is 18.9 Å². The van der Waals surface area contributed by atoms with Crippen molar-refractivity contribution in [2.45, 2.75) is 38.0 Å². The first-order valence-corrected chi connectivity index (χ1v) is 5.66. The maximum absolute atomic E-state index is 12.9. The van der Waals surface area contributed by atoms with Gasteiger partial charge in [0, 0.05) is 6.61 Å². The summed E-state index contributed by atoms with van der Waals surface area (Å²) in [4.78, 5) is 0. The minimum Gasteiger partial charge on any atom is -0.414 e. The first-order chi connectivity index (χ1) is 4.84. The van der Waals surface area contributed by atoms with Gasteiger partial charge in [0.15, 0.2) is 0 Å². The standard InChI is InChI=1S/C7H14FOSi/c1-2-7(8)10-6-4-3-5-9-10/h7H,2-6H2,1H3. The molecule has 0 saturated carbocycles. The van der Waals surface area contributed by atoms with Gasteiger partial charge in [-0.15, -0.1) is 0 Å². The summed E-state index contributed by atoms with van der Waals surface area (Å²) in [5, 5.41) is 0. The molecule has 1 radical (unpaired) electrons. The van der Waals surface area contributed by atoms with E-state index < -0.39 is 14.8 Å². The second kappa shape index (κ2) is 4.08. The lowest BCUT2D eigenvalue weighted by molar-refractivity contribution is 0.252. The zero-order valence-corrected chi connectivity index (χ0v) is 7.40. The van der Waals surface area contributed by atoms with Gasteiger partial charge in [-0.3, -0.25) is 0 Å². The molecule has 3 heteroatoms. The van der Waals surface area contributed by atoms with Crippen LogP contribution in [0.4, 0.5) is 4.39 Å². The molecule has 1 rings (SSSR count). The molecule has 1 heterocycles. The van der Waals surface area contributed by atoms with E-state index in [0.717, 1.165) is 19.1 Å². The molecule has 0 bridgehead atoms. The van der Waals surface area contributed by atoms with Gasteiger partial charge >= 0.3 is 0 Å². The summed E-state index contributed by atoms with van der Waals surface area (Å²) in [6.45, 7) is 2.69. The Morgan fingerprint density at radius 1 is 1.60 bits per heavy atom. The third-order valence-corrected chi connectivity index (χ3v) is 4.34. The van der Waals surface area contributed by atoms with Crippen LogP contribution >= 0.6 is 0 Å². The Bertz CT molecular complexity index is 93.6. The summed E-state index contributed by atoms with van der Waals surface area (Å²) in [6, 6.07) is 1.01. The molecule has 0 aromatic heterocycles. The molecule has 1 aliphatic rings. The van der Waals surface area contributed by atoms with Gasteiger partial charge in [-0.25, -0.2) is 4.39 Å². The van der Waals surface area contributed by atoms with Gasteiger partial charge < -0.3 is 4.43 Å². The maximum atomic E-state index is 12.9. The van der Waals surface area contributed by atoms with Crippen LogP contribution in [0.5, 0.6) is 0 Å². The maximum Gasteiger partial charge on any atom is 0.247 e. The van der Waals surface area contributed by atoms with E-state index >= 15 is 0 Å². The van der Waals surface area contributed by atoms with E-state index in [4.69, 9.17) is 4.43 Å². The third-order valence-electron chi connectivity index (χ3n) is 1.81. The predicted octanol–water partition coefficient (Wildman–Crippen LogP) is 2.08. The Kier molecular flexibility index (Phi) is 3.35. The van der Waals surface area contributed by atoms with Crippen LogP contribution in [-0.2, 0) is 4.43 Å². The van der Waals surface area contributed by atoms with E-state index in [1.54, 1.807) is 0 Å². The number of halogens is 1. The van der Waals surface area contributed by atoms with Crippen molar-refractivity contribution >= 4 is 9.04 Å². The van der Waals surface area contributed by atoms with Crippen LogP contribution in [0, 0.1) is 0 Å². The Morgan fingerprint density at radius 3 is 2.90 bits per heavy atom. The van der Waals surface area contributed by atoms with Crippen LogP contribution < -0.4 is 0 Å². The number of hydrogen-bond donors (Lipinski definition) is 0. The smallest absolute Gasteiger partial charge is 0.247 e. The van der Waals surface area contributed by atoms with Crippen molar-refractivity contribution in [1.82, 2.24) is 0 Å². The summed E-state index contributed by atoms with van der Waals surface area (Å²) in [5.74, 6) is -0.634. The molecule has 1 saturated heterocycles. The highest BCUT2D eigenvalue weighted by atomic mass is 28.3. The van der Waals surface area contributed by atoms with Crippen molar-refractivity contribution in [2.24, 2.45) is 0 Å². The Morgan fingerprint density at radius 2 is 2.40 bits per heavy atom. The van der Waals surface area contributed by atoms with E-state index in [9.17, 15) is 4.39 Å².